The van der Waals surface area contributed by atoms with E-state index in [9.17, 15) is 4.79 Å². The molecule has 1 aliphatic carbocycles. The Labute approximate surface area is 112 Å². The van der Waals surface area contributed by atoms with Gasteiger partial charge < -0.3 is 5.32 Å². The van der Waals surface area contributed by atoms with Crippen LogP contribution in [0.25, 0.3) is 0 Å². The van der Waals surface area contributed by atoms with Gasteiger partial charge in [0.05, 0.1) is 5.69 Å². The van der Waals surface area contributed by atoms with Crippen molar-refractivity contribution >= 4 is 23.0 Å². The van der Waals surface area contributed by atoms with Gasteiger partial charge >= 0.3 is 0 Å². The fraction of sp³-hybridized carbons (Fsp3) is 0.538. The molecule has 2 rings (SSSR count). The van der Waals surface area contributed by atoms with Crippen LogP contribution in [0.2, 0.25) is 0 Å². The molecule has 0 aliphatic heterocycles. The van der Waals surface area contributed by atoms with E-state index in [1.807, 2.05) is 20.8 Å². The third-order valence-corrected chi connectivity index (χ3v) is 2.91. The number of amides is 1. The largest absolute Gasteiger partial charge is 0.349 e. The second kappa shape index (κ2) is 5.10. The number of hydrogen-bond donors (Lipinski definition) is 1. The predicted octanol–water partition coefficient (Wildman–Crippen LogP) is 2.23. The third-order valence-electron chi connectivity index (χ3n) is 2.70. The second-order valence-electron chi connectivity index (χ2n) is 4.96. The Morgan fingerprint density at radius 2 is 2.00 bits per heavy atom. The zero-order valence-electron chi connectivity index (χ0n) is 10.9. The molecule has 1 saturated carbocycles. The van der Waals surface area contributed by atoms with Crippen LogP contribution in [0, 0.1) is 0 Å². The van der Waals surface area contributed by atoms with Crippen LogP contribution in [0.3, 0.4) is 0 Å². The number of hydrogen-bond acceptors (Lipinski definition) is 4. The van der Waals surface area contributed by atoms with Crippen LogP contribution in [0.15, 0.2) is 6.07 Å². The van der Waals surface area contributed by atoms with E-state index in [4.69, 9.17) is 12.2 Å². The normalized spacial score (nSPS) is 14.7. The van der Waals surface area contributed by atoms with E-state index in [0.717, 1.165) is 18.7 Å². The molecule has 96 valence electrons. The SMILES string of the molecule is CC(=S)c1cc(C(=O)NC(C)C)nc(C2CC2)n1. The molecule has 1 aliphatic rings. The van der Waals surface area contributed by atoms with E-state index in [1.165, 1.54) is 0 Å². The maximum atomic E-state index is 12.0. The van der Waals surface area contributed by atoms with Gasteiger partial charge in [0.1, 0.15) is 11.5 Å². The quantitative estimate of drug-likeness (QED) is 0.668. The maximum absolute atomic E-state index is 12.0. The van der Waals surface area contributed by atoms with E-state index in [0.29, 0.717) is 22.2 Å². The fourth-order valence-corrected chi connectivity index (χ4v) is 1.73. The summed E-state index contributed by atoms with van der Waals surface area (Å²) in [6.07, 6.45) is 2.20. The Morgan fingerprint density at radius 1 is 1.39 bits per heavy atom. The summed E-state index contributed by atoms with van der Waals surface area (Å²) in [7, 11) is 0. The molecule has 4 nitrogen and oxygen atoms in total. The van der Waals surface area contributed by atoms with Crippen molar-refractivity contribution in [3.63, 3.8) is 0 Å². The monoisotopic (exact) mass is 263 g/mol. The highest BCUT2D eigenvalue weighted by Gasteiger charge is 2.28. The molecular formula is C13H17N3OS. The van der Waals surface area contributed by atoms with Gasteiger partial charge in [-0.3, -0.25) is 4.79 Å². The Bertz CT molecular complexity index is 495. The highest BCUT2D eigenvalue weighted by molar-refractivity contribution is 7.80. The molecule has 1 amide bonds. The fourth-order valence-electron chi connectivity index (χ4n) is 1.62. The van der Waals surface area contributed by atoms with E-state index < -0.39 is 0 Å². The summed E-state index contributed by atoms with van der Waals surface area (Å²) in [5.41, 5.74) is 1.11. The maximum Gasteiger partial charge on any atom is 0.270 e. The van der Waals surface area contributed by atoms with Gasteiger partial charge in [0, 0.05) is 16.8 Å². The molecule has 0 radical (unpaired) electrons. The molecule has 1 aromatic heterocycles. The van der Waals surface area contributed by atoms with Crippen LogP contribution in [-0.4, -0.2) is 26.8 Å². The lowest BCUT2D eigenvalue weighted by atomic mass is 10.2. The van der Waals surface area contributed by atoms with Crippen LogP contribution in [0.1, 0.15) is 61.5 Å². The van der Waals surface area contributed by atoms with Gasteiger partial charge in [0.15, 0.2) is 0 Å². The lowest BCUT2D eigenvalue weighted by molar-refractivity contribution is 0.0937. The predicted molar refractivity (Wildman–Crippen MR) is 74.0 cm³/mol. The van der Waals surface area contributed by atoms with Crippen LogP contribution in [0.4, 0.5) is 0 Å². The number of nitrogens with one attached hydrogen (secondary N) is 1. The minimum atomic E-state index is -0.160. The topological polar surface area (TPSA) is 54.9 Å². The van der Waals surface area contributed by atoms with Crippen molar-refractivity contribution in [2.24, 2.45) is 0 Å². The molecule has 0 unspecified atom stereocenters. The van der Waals surface area contributed by atoms with Crippen LogP contribution < -0.4 is 5.32 Å². The first-order valence-corrected chi connectivity index (χ1v) is 6.59. The molecule has 5 heteroatoms. The highest BCUT2D eigenvalue weighted by Crippen LogP contribution is 2.38. The number of nitrogens with zero attached hydrogens (tertiary/aromatic N) is 2. The van der Waals surface area contributed by atoms with Crippen molar-refractivity contribution in [1.29, 1.82) is 0 Å². The zero-order valence-corrected chi connectivity index (χ0v) is 11.7. The van der Waals surface area contributed by atoms with Gasteiger partial charge in [-0.05, 0) is 39.7 Å². The molecular weight excluding hydrogens is 246 g/mol. The van der Waals surface area contributed by atoms with E-state index in [2.05, 4.69) is 15.3 Å². The van der Waals surface area contributed by atoms with E-state index in [-0.39, 0.29) is 11.9 Å². The molecule has 0 spiro atoms. The Morgan fingerprint density at radius 3 is 2.50 bits per heavy atom. The van der Waals surface area contributed by atoms with Crippen LogP contribution >= 0.6 is 12.2 Å². The number of thiocarbonyl (C=S) groups is 1. The lowest BCUT2D eigenvalue weighted by Crippen LogP contribution is -2.31. The average Bonchev–Trinajstić information content (AvgIpc) is 3.11. The first kappa shape index (κ1) is 13.1. The van der Waals surface area contributed by atoms with E-state index in [1.54, 1.807) is 6.07 Å². The molecule has 1 aromatic rings. The number of rotatable bonds is 4. The average molecular weight is 263 g/mol. The minimum Gasteiger partial charge on any atom is -0.349 e. The van der Waals surface area contributed by atoms with Gasteiger partial charge in [0.25, 0.3) is 5.91 Å². The lowest BCUT2D eigenvalue weighted by Gasteiger charge is -2.10. The van der Waals surface area contributed by atoms with E-state index >= 15 is 0 Å². The summed E-state index contributed by atoms with van der Waals surface area (Å²) in [5, 5.41) is 2.84. The molecule has 0 bridgehead atoms. The van der Waals surface area contributed by atoms with Crippen molar-refractivity contribution in [3.05, 3.63) is 23.3 Å². The van der Waals surface area contributed by atoms with Crippen molar-refractivity contribution in [2.45, 2.75) is 45.6 Å². The molecule has 1 N–H and O–H groups in total. The summed E-state index contributed by atoms with van der Waals surface area (Å²) < 4.78 is 0. The first-order valence-electron chi connectivity index (χ1n) is 6.18. The van der Waals surface area contributed by atoms with Crippen LogP contribution in [-0.2, 0) is 0 Å². The molecule has 18 heavy (non-hydrogen) atoms. The van der Waals surface area contributed by atoms with Gasteiger partial charge in [-0.25, -0.2) is 9.97 Å². The van der Waals surface area contributed by atoms with Crippen molar-refractivity contribution < 1.29 is 4.79 Å². The number of carbonyl (C=O) groups is 1. The number of aromatic nitrogens is 2. The Kier molecular flexibility index (Phi) is 3.71. The summed E-state index contributed by atoms with van der Waals surface area (Å²) in [6, 6.07) is 1.76. The molecule has 1 fully saturated rings. The molecule has 0 atom stereocenters. The summed E-state index contributed by atoms with van der Waals surface area (Å²) in [5.74, 6) is 1.00. The van der Waals surface area contributed by atoms with Crippen molar-refractivity contribution in [1.82, 2.24) is 15.3 Å². The minimum absolute atomic E-state index is 0.0915. The van der Waals surface area contributed by atoms with Crippen molar-refractivity contribution in [2.75, 3.05) is 0 Å². The molecule has 0 saturated heterocycles. The standard InChI is InChI=1S/C13H17N3OS/c1-7(2)14-13(17)11-6-10(8(3)18)15-12(16-11)9-4-5-9/h6-7,9H,4-5H2,1-3H3,(H,14,17). The molecule has 1 heterocycles. The van der Waals surface area contributed by atoms with Gasteiger partial charge in [-0.1, -0.05) is 12.2 Å². The van der Waals surface area contributed by atoms with Gasteiger partial charge in [-0.15, -0.1) is 0 Å². The Balaban J connectivity index is 2.33. The van der Waals surface area contributed by atoms with Crippen LogP contribution in [0.5, 0.6) is 0 Å². The van der Waals surface area contributed by atoms with Gasteiger partial charge in [0.2, 0.25) is 0 Å². The smallest absolute Gasteiger partial charge is 0.270 e. The Hall–Kier alpha value is -1.36. The third kappa shape index (κ3) is 3.10. The first-order chi connectivity index (χ1) is 8.47. The summed E-state index contributed by atoms with van der Waals surface area (Å²) >= 11 is 5.14. The number of carbonyl (C=O) groups excluding carboxylic acids is 1. The zero-order chi connectivity index (χ0) is 13.3. The highest BCUT2D eigenvalue weighted by atomic mass is 32.1. The molecule has 0 aromatic carbocycles. The summed E-state index contributed by atoms with van der Waals surface area (Å²) in [6.45, 7) is 5.66. The second-order valence-corrected chi connectivity index (χ2v) is 5.57. The van der Waals surface area contributed by atoms with Crippen molar-refractivity contribution in [3.8, 4) is 0 Å². The summed E-state index contributed by atoms with van der Waals surface area (Å²) in [4.78, 5) is 21.4. The van der Waals surface area contributed by atoms with Gasteiger partial charge in [-0.2, -0.15) is 0 Å².